The lowest BCUT2D eigenvalue weighted by atomic mass is 9.93. The molecular formula is C28H31N5O. The number of likely N-dealkylation sites (N-methyl/N-ethyl adjacent to an activating group) is 1. The van der Waals surface area contributed by atoms with Crippen molar-refractivity contribution in [1.29, 1.82) is 0 Å². The maximum absolute atomic E-state index is 11.7. The average molecular weight is 454 g/mol. The number of amides is 1. The molecule has 0 bridgehead atoms. The van der Waals surface area contributed by atoms with Gasteiger partial charge in [0.1, 0.15) is 5.65 Å². The number of nitrogens with zero attached hydrogens (tertiary/aromatic N) is 3. The molecule has 3 heterocycles. The normalized spacial score (nSPS) is 15.1. The molecule has 0 spiro atoms. The minimum Gasteiger partial charge on any atom is -0.366 e. The zero-order chi connectivity index (χ0) is 23.8. The van der Waals surface area contributed by atoms with Crippen molar-refractivity contribution in [3.8, 4) is 22.3 Å². The molecule has 1 aliphatic rings. The van der Waals surface area contributed by atoms with Gasteiger partial charge in [-0.1, -0.05) is 30.3 Å². The van der Waals surface area contributed by atoms with Crippen molar-refractivity contribution >= 4 is 16.9 Å². The van der Waals surface area contributed by atoms with Crippen molar-refractivity contribution in [2.45, 2.75) is 20.4 Å². The Labute approximate surface area is 200 Å². The van der Waals surface area contributed by atoms with Crippen LogP contribution in [0.1, 0.15) is 27.0 Å². The van der Waals surface area contributed by atoms with E-state index in [0.717, 1.165) is 77.1 Å². The summed E-state index contributed by atoms with van der Waals surface area (Å²) in [4.78, 5) is 24.6. The molecule has 6 heteroatoms. The number of carbonyl (C=O) groups excluding carboxylic acids is 1. The van der Waals surface area contributed by atoms with Crippen molar-refractivity contribution in [2.24, 2.45) is 5.73 Å². The van der Waals surface area contributed by atoms with Crippen LogP contribution in [0.25, 0.3) is 33.3 Å². The number of aromatic nitrogens is 2. The van der Waals surface area contributed by atoms with Crippen LogP contribution in [0, 0.1) is 13.8 Å². The molecular weight excluding hydrogens is 422 g/mol. The SMILES string of the molecule is Cc1c(C(N)=O)ccc(-c2c[nH]c3ncc(-c4ccc(CN5CCN(C)CC5)cc4)cc23)c1C. The predicted molar refractivity (Wildman–Crippen MR) is 138 cm³/mol. The molecule has 0 unspecified atom stereocenters. The topological polar surface area (TPSA) is 78.2 Å². The predicted octanol–water partition coefficient (Wildman–Crippen LogP) is 4.36. The Bertz CT molecular complexity index is 1350. The van der Waals surface area contributed by atoms with E-state index in [0.29, 0.717) is 5.56 Å². The number of nitrogens with two attached hydrogens (primary N) is 1. The summed E-state index contributed by atoms with van der Waals surface area (Å²) >= 11 is 0. The minimum absolute atomic E-state index is 0.397. The molecule has 1 saturated heterocycles. The Kier molecular flexibility index (Phi) is 5.94. The van der Waals surface area contributed by atoms with Crippen LogP contribution >= 0.6 is 0 Å². The second-order valence-electron chi connectivity index (χ2n) is 9.37. The first kappa shape index (κ1) is 22.3. The van der Waals surface area contributed by atoms with Gasteiger partial charge >= 0.3 is 0 Å². The van der Waals surface area contributed by atoms with Gasteiger partial charge in [-0.25, -0.2) is 4.98 Å². The number of aromatic amines is 1. The first-order valence-electron chi connectivity index (χ1n) is 11.8. The van der Waals surface area contributed by atoms with Crippen LogP contribution in [0.3, 0.4) is 0 Å². The molecule has 174 valence electrons. The van der Waals surface area contributed by atoms with Crippen molar-refractivity contribution in [1.82, 2.24) is 19.8 Å². The largest absolute Gasteiger partial charge is 0.366 e. The van der Waals surface area contributed by atoms with Gasteiger partial charge in [0.2, 0.25) is 5.91 Å². The van der Waals surface area contributed by atoms with Crippen LogP contribution in [0.15, 0.2) is 54.9 Å². The first-order valence-corrected chi connectivity index (χ1v) is 11.8. The Morgan fingerprint density at radius 1 is 0.971 bits per heavy atom. The summed E-state index contributed by atoms with van der Waals surface area (Å²) in [5, 5.41) is 1.06. The molecule has 3 N–H and O–H groups in total. The molecule has 0 radical (unpaired) electrons. The summed E-state index contributed by atoms with van der Waals surface area (Å²) in [5.74, 6) is -0.397. The second-order valence-corrected chi connectivity index (χ2v) is 9.37. The quantitative estimate of drug-likeness (QED) is 0.471. The summed E-state index contributed by atoms with van der Waals surface area (Å²) in [6.07, 6.45) is 3.92. The molecule has 0 atom stereocenters. The number of hydrogen-bond acceptors (Lipinski definition) is 4. The lowest BCUT2D eigenvalue weighted by Gasteiger charge is -2.32. The van der Waals surface area contributed by atoms with Gasteiger partial charge in [0, 0.05) is 67.2 Å². The van der Waals surface area contributed by atoms with Crippen LogP contribution in [0.5, 0.6) is 0 Å². The van der Waals surface area contributed by atoms with Gasteiger partial charge in [-0.05, 0) is 60.8 Å². The fourth-order valence-electron chi connectivity index (χ4n) is 4.83. The van der Waals surface area contributed by atoms with E-state index in [4.69, 9.17) is 5.73 Å². The van der Waals surface area contributed by atoms with Crippen LogP contribution in [0.2, 0.25) is 0 Å². The van der Waals surface area contributed by atoms with Crippen LogP contribution < -0.4 is 5.73 Å². The zero-order valence-electron chi connectivity index (χ0n) is 20.1. The van der Waals surface area contributed by atoms with E-state index in [1.807, 2.05) is 38.4 Å². The number of carbonyl (C=O) groups is 1. The van der Waals surface area contributed by atoms with Crippen molar-refractivity contribution in [3.05, 3.63) is 77.1 Å². The number of H-pyrrole nitrogens is 1. The number of rotatable bonds is 5. The number of hydrogen-bond donors (Lipinski definition) is 2. The Morgan fingerprint density at radius 2 is 1.71 bits per heavy atom. The Balaban J connectivity index is 1.43. The lowest BCUT2D eigenvalue weighted by molar-refractivity contribution is 0.0999. The molecule has 2 aromatic carbocycles. The van der Waals surface area contributed by atoms with Gasteiger partial charge in [-0.2, -0.15) is 0 Å². The third-order valence-electron chi connectivity index (χ3n) is 7.16. The fraction of sp³-hybridized carbons (Fsp3) is 0.286. The summed E-state index contributed by atoms with van der Waals surface area (Å²) in [6, 6.07) is 14.8. The number of pyridine rings is 1. The summed E-state index contributed by atoms with van der Waals surface area (Å²) in [7, 11) is 2.19. The van der Waals surface area contributed by atoms with Gasteiger partial charge in [-0.3, -0.25) is 9.69 Å². The highest BCUT2D eigenvalue weighted by Gasteiger charge is 2.16. The van der Waals surface area contributed by atoms with Gasteiger partial charge in [0.25, 0.3) is 0 Å². The highest BCUT2D eigenvalue weighted by molar-refractivity contribution is 5.99. The average Bonchev–Trinajstić information content (AvgIpc) is 3.25. The molecule has 0 aliphatic carbocycles. The zero-order valence-corrected chi connectivity index (χ0v) is 20.1. The molecule has 0 saturated carbocycles. The molecule has 2 aromatic heterocycles. The van der Waals surface area contributed by atoms with E-state index in [-0.39, 0.29) is 0 Å². The third kappa shape index (κ3) is 4.22. The number of benzene rings is 2. The van der Waals surface area contributed by atoms with E-state index >= 15 is 0 Å². The third-order valence-corrected chi connectivity index (χ3v) is 7.16. The Morgan fingerprint density at radius 3 is 2.41 bits per heavy atom. The molecule has 4 aromatic rings. The fourth-order valence-corrected chi connectivity index (χ4v) is 4.83. The summed E-state index contributed by atoms with van der Waals surface area (Å²) in [6.45, 7) is 9.48. The van der Waals surface area contributed by atoms with Gasteiger partial charge in [0.15, 0.2) is 0 Å². The van der Waals surface area contributed by atoms with E-state index in [9.17, 15) is 4.79 Å². The minimum atomic E-state index is -0.397. The smallest absolute Gasteiger partial charge is 0.248 e. The van der Waals surface area contributed by atoms with Gasteiger partial charge in [-0.15, -0.1) is 0 Å². The van der Waals surface area contributed by atoms with Crippen LogP contribution in [-0.4, -0.2) is 58.9 Å². The van der Waals surface area contributed by atoms with E-state index < -0.39 is 5.91 Å². The number of piperazine rings is 1. The van der Waals surface area contributed by atoms with Gasteiger partial charge < -0.3 is 15.6 Å². The molecule has 1 amide bonds. The molecule has 34 heavy (non-hydrogen) atoms. The van der Waals surface area contributed by atoms with Crippen molar-refractivity contribution < 1.29 is 4.79 Å². The molecule has 5 rings (SSSR count). The number of fused-ring (bicyclic) bond motifs is 1. The summed E-state index contributed by atoms with van der Waals surface area (Å²) < 4.78 is 0. The number of nitrogens with one attached hydrogen (secondary N) is 1. The van der Waals surface area contributed by atoms with E-state index in [1.54, 1.807) is 0 Å². The Hall–Kier alpha value is -3.48. The monoisotopic (exact) mass is 453 g/mol. The van der Waals surface area contributed by atoms with Crippen molar-refractivity contribution in [2.75, 3.05) is 33.2 Å². The van der Waals surface area contributed by atoms with Gasteiger partial charge in [0.05, 0.1) is 0 Å². The van der Waals surface area contributed by atoms with Crippen LogP contribution in [0.4, 0.5) is 0 Å². The standard InChI is InChI=1S/C28H31N5O/c1-18-19(2)24(27(29)34)9-8-23(18)26-16-31-28-25(26)14-22(15-30-28)21-6-4-20(5-7-21)17-33-12-10-32(3)11-13-33/h4-9,14-16H,10-13,17H2,1-3H3,(H2,29,34)(H,30,31). The summed E-state index contributed by atoms with van der Waals surface area (Å²) in [5.41, 5.74) is 14.7. The molecule has 1 fully saturated rings. The van der Waals surface area contributed by atoms with E-state index in [1.165, 1.54) is 5.56 Å². The molecule has 1 aliphatic heterocycles. The van der Waals surface area contributed by atoms with E-state index in [2.05, 4.69) is 57.1 Å². The highest BCUT2D eigenvalue weighted by Crippen LogP contribution is 2.34. The maximum Gasteiger partial charge on any atom is 0.248 e. The lowest BCUT2D eigenvalue weighted by Crippen LogP contribution is -2.43. The first-order chi connectivity index (χ1) is 16.4. The molecule has 6 nitrogen and oxygen atoms in total. The maximum atomic E-state index is 11.7. The van der Waals surface area contributed by atoms with Crippen molar-refractivity contribution in [3.63, 3.8) is 0 Å². The highest BCUT2D eigenvalue weighted by atomic mass is 16.1. The van der Waals surface area contributed by atoms with Crippen LogP contribution in [-0.2, 0) is 6.54 Å². The second kappa shape index (κ2) is 9.05. The number of primary amides is 1.